The summed E-state index contributed by atoms with van der Waals surface area (Å²) in [5, 5.41) is 4.92. The molecule has 0 aromatic carbocycles. The number of hydrogen-bond acceptors (Lipinski definition) is 2. The Balaban J connectivity index is 3.59. The highest BCUT2D eigenvalue weighted by Gasteiger charge is 1.93. The van der Waals surface area contributed by atoms with Gasteiger partial charge in [-0.1, -0.05) is 11.2 Å². The number of hydrogen-bond donors (Lipinski definition) is 0. The van der Waals surface area contributed by atoms with Crippen LogP contribution >= 0.6 is 0 Å². The maximum atomic E-state index is 5.00. The van der Waals surface area contributed by atoms with Crippen molar-refractivity contribution < 1.29 is 4.52 Å². The predicted molar refractivity (Wildman–Crippen MR) is 40.8 cm³/mol. The Hall–Kier alpha value is -1.05. The number of rotatable bonds is 0. The van der Waals surface area contributed by atoms with Crippen molar-refractivity contribution in [2.45, 2.75) is 20.8 Å². The van der Waals surface area contributed by atoms with Crippen LogP contribution in [0.25, 0.3) is 12.2 Å². The molecule has 2 heteroatoms. The first kappa shape index (κ1) is 7.06. The molecule has 10 heavy (non-hydrogen) atoms. The summed E-state index contributed by atoms with van der Waals surface area (Å²) >= 11 is 0. The number of nitrogens with zero attached hydrogens (tertiary/aromatic N) is 1. The second-order valence-corrected chi connectivity index (χ2v) is 2.12. The van der Waals surface area contributed by atoms with Gasteiger partial charge in [-0.3, -0.25) is 0 Å². The molecule has 0 atom stereocenters. The molecule has 0 spiro atoms. The summed E-state index contributed by atoms with van der Waals surface area (Å²) in [6.45, 7) is 5.85. The van der Waals surface area contributed by atoms with E-state index in [1.165, 1.54) is 0 Å². The zero-order valence-electron chi connectivity index (χ0n) is 6.51. The molecule has 1 aromatic heterocycles. The molecule has 0 fully saturated rings. The van der Waals surface area contributed by atoms with Crippen LogP contribution in [-0.2, 0) is 0 Å². The average Bonchev–Trinajstić information content (AvgIpc) is 2.30. The minimum absolute atomic E-state index is 0.861. The molecule has 1 aromatic rings. The van der Waals surface area contributed by atoms with Gasteiger partial charge in [-0.25, -0.2) is 0 Å². The SMILES string of the molecule is C/C=c1/c(C)no/c1=C/C. The Labute approximate surface area is 59.8 Å². The van der Waals surface area contributed by atoms with Crippen LogP contribution in [0.4, 0.5) is 0 Å². The highest BCUT2D eigenvalue weighted by molar-refractivity contribution is 5.25. The van der Waals surface area contributed by atoms with Crippen LogP contribution in [0, 0.1) is 6.92 Å². The van der Waals surface area contributed by atoms with Gasteiger partial charge in [0.1, 0.15) is 0 Å². The van der Waals surface area contributed by atoms with Crippen molar-refractivity contribution in [3.8, 4) is 0 Å². The summed E-state index contributed by atoms with van der Waals surface area (Å²) in [6.07, 6.45) is 3.91. The molecule has 0 amide bonds. The van der Waals surface area contributed by atoms with E-state index in [4.69, 9.17) is 4.52 Å². The predicted octanol–water partition coefficient (Wildman–Crippen LogP) is 0.584. The third-order valence-corrected chi connectivity index (χ3v) is 1.49. The van der Waals surface area contributed by atoms with Crippen LogP contribution in [-0.4, -0.2) is 5.16 Å². The maximum absolute atomic E-state index is 5.00. The first-order chi connectivity index (χ1) is 4.79. The fourth-order valence-corrected chi connectivity index (χ4v) is 0.954. The standard InChI is InChI=1S/C8H11NO/c1-4-7-6(3)9-10-8(7)5-2/h4-5H,1-3H3/b7-4-,8-5+. The molecule has 0 aliphatic heterocycles. The van der Waals surface area contributed by atoms with Gasteiger partial charge in [-0.05, 0) is 26.8 Å². The van der Waals surface area contributed by atoms with E-state index in [1.807, 2.05) is 32.9 Å². The first-order valence-corrected chi connectivity index (χ1v) is 3.34. The van der Waals surface area contributed by atoms with E-state index >= 15 is 0 Å². The van der Waals surface area contributed by atoms with Gasteiger partial charge in [-0.2, -0.15) is 0 Å². The van der Waals surface area contributed by atoms with Crippen molar-refractivity contribution in [2.75, 3.05) is 0 Å². The van der Waals surface area contributed by atoms with E-state index < -0.39 is 0 Å². The van der Waals surface area contributed by atoms with Crippen molar-refractivity contribution in [2.24, 2.45) is 0 Å². The quantitative estimate of drug-likeness (QED) is 0.523. The van der Waals surface area contributed by atoms with Crippen LogP contribution in [0.15, 0.2) is 4.52 Å². The first-order valence-electron chi connectivity index (χ1n) is 3.34. The highest BCUT2D eigenvalue weighted by atomic mass is 16.5. The van der Waals surface area contributed by atoms with Crippen LogP contribution < -0.4 is 10.6 Å². The van der Waals surface area contributed by atoms with Gasteiger partial charge in [0.25, 0.3) is 0 Å². The monoisotopic (exact) mass is 137 g/mol. The molecule has 1 heterocycles. The second-order valence-electron chi connectivity index (χ2n) is 2.12. The van der Waals surface area contributed by atoms with E-state index in [1.54, 1.807) is 0 Å². The Morgan fingerprint density at radius 2 is 2.00 bits per heavy atom. The summed E-state index contributed by atoms with van der Waals surface area (Å²) in [6, 6.07) is 0. The van der Waals surface area contributed by atoms with E-state index in [0.717, 1.165) is 16.3 Å². The van der Waals surface area contributed by atoms with E-state index in [2.05, 4.69) is 5.16 Å². The average molecular weight is 137 g/mol. The van der Waals surface area contributed by atoms with Crippen LogP contribution in [0.2, 0.25) is 0 Å². The lowest BCUT2D eigenvalue weighted by Gasteiger charge is -1.72. The van der Waals surface area contributed by atoms with E-state index in [-0.39, 0.29) is 0 Å². The normalized spacial score (nSPS) is 14.7. The molecule has 0 unspecified atom stereocenters. The fourth-order valence-electron chi connectivity index (χ4n) is 0.954. The van der Waals surface area contributed by atoms with Gasteiger partial charge in [0.2, 0.25) is 0 Å². The fraction of sp³-hybridized carbons (Fsp3) is 0.375. The van der Waals surface area contributed by atoms with E-state index in [9.17, 15) is 0 Å². The summed E-state index contributed by atoms with van der Waals surface area (Å²) in [7, 11) is 0. The third-order valence-electron chi connectivity index (χ3n) is 1.49. The van der Waals surface area contributed by atoms with Crippen molar-refractivity contribution >= 4 is 12.2 Å². The second kappa shape index (κ2) is 2.69. The number of aromatic nitrogens is 1. The molecule has 0 saturated carbocycles. The lowest BCUT2D eigenvalue weighted by molar-refractivity contribution is 0.389. The maximum Gasteiger partial charge on any atom is 0.162 e. The summed E-state index contributed by atoms with van der Waals surface area (Å²) in [4.78, 5) is 0. The molecule has 0 N–H and O–H groups in total. The zero-order valence-corrected chi connectivity index (χ0v) is 6.51. The minimum Gasteiger partial charge on any atom is -0.356 e. The highest BCUT2D eigenvalue weighted by Crippen LogP contribution is 1.75. The van der Waals surface area contributed by atoms with Crippen LogP contribution in [0.3, 0.4) is 0 Å². The third kappa shape index (κ3) is 0.967. The summed E-state index contributed by atoms with van der Waals surface area (Å²) < 4.78 is 5.00. The molecular formula is C8H11NO. The van der Waals surface area contributed by atoms with Crippen molar-refractivity contribution in [1.29, 1.82) is 0 Å². The molecule has 0 saturated heterocycles. The van der Waals surface area contributed by atoms with Gasteiger partial charge in [-0.15, -0.1) is 0 Å². The smallest absolute Gasteiger partial charge is 0.162 e. The lowest BCUT2D eigenvalue weighted by atomic mass is 10.3. The van der Waals surface area contributed by atoms with Crippen molar-refractivity contribution in [1.82, 2.24) is 5.16 Å². The molecule has 0 aliphatic rings. The minimum atomic E-state index is 0.861. The number of aryl methyl sites for hydroxylation is 1. The zero-order chi connectivity index (χ0) is 7.56. The largest absolute Gasteiger partial charge is 0.356 e. The van der Waals surface area contributed by atoms with E-state index in [0.29, 0.717) is 0 Å². The van der Waals surface area contributed by atoms with Crippen molar-refractivity contribution in [3.63, 3.8) is 0 Å². The van der Waals surface area contributed by atoms with Gasteiger partial charge < -0.3 is 4.52 Å². The Morgan fingerprint density at radius 1 is 1.30 bits per heavy atom. The van der Waals surface area contributed by atoms with Gasteiger partial charge >= 0.3 is 0 Å². The lowest BCUT2D eigenvalue weighted by Crippen LogP contribution is -2.20. The Bertz CT molecular complexity index is 322. The van der Waals surface area contributed by atoms with Gasteiger partial charge in [0, 0.05) is 5.22 Å². The molecule has 2 nitrogen and oxygen atoms in total. The van der Waals surface area contributed by atoms with Gasteiger partial charge in [0.15, 0.2) is 5.42 Å². The Morgan fingerprint density at radius 3 is 2.40 bits per heavy atom. The topological polar surface area (TPSA) is 26.0 Å². The molecule has 0 radical (unpaired) electrons. The summed E-state index contributed by atoms with van der Waals surface area (Å²) in [5.41, 5.74) is 1.82. The molecule has 1 rings (SSSR count). The van der Waals surface area contributed by atoms with Crippen molar-refractivity contribution in [3.05, 3.63) is 16.3 Å². The molecule has 0 bridgehead atoms. The molecular weight excluding hydrogens is 126 g/mol. The Kier molecular flexibility index (Phi) is 1.90. The van der Waals surface area contributed by atoms with Crippen LogP contribution in [0.5, 0.6) is 0 Å². The van der Waals surface area contributed by atoms with Gasteiger partial charge in [0.05, 0.1) is 5.69 Å². The molecule has 0 aliphatic carbocycles. The summed E-state index contributed by atoms with van der Waals surface area (Å²) in [5.74, 6) is 0. The molecule has 54 valence electrons. The van der Waals surface area contributed by atoms with Crippen LogP contribution in [0.1, 0.15) is 19.5 Å².